The summed E-state index contributed by atoms with van der Waals surface area (Å²) < 4.78 is 0. The van der Waals surface area contributed by atoms with Crippen molar-refractivity contribution in [2.45, 2.75) is 53.9 Å². The highest BCUT2D eigenvalue weighted by molar-refractivity contribution is 4.83. The van der Waals surface area contributed by atoms with Crippen LogP contribution in [-0.2, 0) is 0 Å². The molecule has 4 unspecified atom stereocenters. The second-order valence-electron chi connectivity index (χ2n) is 5.54. The third-order valence-electron chi connectivity index (χ3n) is 3.97. The van der Waals surface area contributed by atoms with Crippen molar-refractivity contribution in [1.29, 1.82) is 0 Å². The summed E-state index contributed by atoms with van der Waals surface area (Å²) in [5, 5.41) is 0. The molecule has 0 aromatic carbocycles. The Balaban J connectivity index is 2.66. The normalized spacial score (nSPS) is 41.1. The van der Waals surface area contributed by atoms with E-state index in [0.717, 1.165) is 29.6 Å². The first-order valence-corrected chi connectivity index (χ1v) is 6.06. The third kappa shape index (κ3) is 2.48. The van der Waals surface area contributed by atoms with E-state index in [9.17, 15) is 0 Å². The van der Waals surface area contributed by atoms with Crippen LogP contribution in [0.4, 0.5) is 0 Å². The van der Waals surface area contributed by atoms with Crippen molar-refractivity contribution in [3.8, 4) is 0 Å². The van der Waals surface area contributed by atoms with Crippen molar-refractivity contribution >= 4 is 0 Å². The van der Waals surface area contributed by atoms with E-state index in [0.29, 0.717) is 0 Å². The highest BCUT2D eigenvalue weighted by Gasteiger charge is 2.34. The van der Waals surface area contributed by atoms with E-state index < -0.39 is 0 Å². The first-order valence-electron chi connectivity index (χ1n) is 6.06. The lowest BCUT2D eigenvalue weighted by Crippen LogP contribution is -2.33. The van der Waals surface area contributed by atoms with Crippen molar-refractivity contribution in [1.82, 2.24) is 0 Å². The van der Waals surface area contributed by atoms with Gasteiger partial charge in [0.15, 0.2) is 0 Å². The zero-order chi connectivity index (χ0) is 10.0. The number of hydrogen-bond donors (Lipinski definition) is 0. The van der Waals surface area contributed by atoms with E-state index in [1.807, 2.05) is 0 Å². The maximum Gasteiger partial charge on any atom is -0.0337 e. The van der Waals surface area contributed by atoms with Crippen LogP contribution in [0.3, 0.4) is 0 Å². The molecule has 0 N–H and O–H groups in total. The zero-order valence-corrected chi connectivity index (χ0v) is 10.0. The lowest BCUT2D eigenvalue weighted by molar-refractivity contribution is 0.0817. The van der Waals surface area contributed by atoms with Crippen molar-refractivity contribution in [2.75, 3.05) is 0 Å². The predicted octanol–water partition coefficient (Wildman–Crippen LogP) is 4.35. The molecule has 0 saturated heterocycles. The molecule has 13 heavy (non-hydrogen) atoms. The van der Waals surface area contributed by atoms with Gasteiger partial charge in [-0.2, -0.15) is 0 Å². The Labute approximate surface area is 84.1 Å². The van der Waals surface area contributed by atoms with Crippen LogP contribution in [0.15, 0.2) is 0 Å². The summed E-state index contributed by atoms with van der Waals surface area (Å²) in [6.07, 6.45) is 4.32. The van der Waals surface area contributed by atoms with Crippen LogP contribution in [0.25, 0.3) is 0 Å². The quantitative estimate of drug-likeness (QED) is 0.595. The van der Waals surface area contributed by atoms with Gasteiger partial charge in [0.2, 0.25) is 0 Å². The molecular formula is C13H26. The first kappa shape index (κ1) is 11.1. The molecule has 0 aromatic heterocycles. The lowest BCUT2D eigenvalue weighted by atomic mass is 9.64. The van der Waals surface area contributed by atoms with Crippen molar-refractivity contribution in [3.05, 3.63) is 0 Å². The summed E-state index contributed by atoms with van der Waals surface area (Å²) >= 11 is 0. The molecule has 1 rings (SSSR count). The zero-order valence-electron chi connectivity index (χ0n) is 10.0. The Hall–Kier alpha value is 0. The van der Waals surface area contributed by atoms with Crippen LogP contribution in [0.2, 0.25) is 0 Å². The Morgan fingerprint density at radius 3 is 2.23 bits per heavy atom. The largest absolute Gasteiger partial charge is 0.0651 e. The molecule has 0 radical (unpaired) electrons. The molecule has 1 fully saturated rings. The fraction of sp³-hybridized carbons (Fsp3) is 1.00. The molecular weight excluding hydrogens is 156 g/mol. The standard InChI is InChI=1S/C13H26/c1-6-12-8-10(4)7-11(5)13(12)9(2)3/h9-13H,6-8H2,1-5H3. The number of rotatable bonds is 2. The van der Waals surface area contributed by atoms with Gasteiger partial charge in [-0.05, 0) is 42.4 Å². The lowest BCUT2D eigenvalue weighted by Gasteiger charge is -2.41. The molecule has 0 aromatic rings. The molecule has 1 saturated carbocycles. The van der Waals surface area contributed by atoms with Crippen LogP contribution in [0.1, 0.15) is 53.9 Å². The molecule has 0 heteroatoms. The molecule has 0 nitrogen and oxygen atoms in total. The van der Waals surface area contributed by atoms with Crippen LogP contribution < -0.4 is 0 Å². The van der Waals surface area contributed by atoms with Crippen LogP contribution in [0.5, 0.6) is 0 Å². The van der Waals surface area contributed by atoms with Gasteiger partial charge in [-0.15, -0.1) is 0 Å². The van der Waals surface area contributed by atoms with Gasteiger partial charge in [0.1, 0.15) is 0 Å². The molecule has 0 bridgehead atoms. The van der Waals surface area contributed by atoms with Crippen LogP contribution >= 0.6 is 0 Å². The van der Waals surface area contributed by atoms with Crippen LogP contribution in [0, 0.1) is 29.6 Å². The van der Waals surface area contributed by atoms with E-state index in [4.69, 9.17) is 0 Å². The van der Waals surface area contributed by atoms with E-state index >= 15 is 0 Å². The summed E-state index contributed by atoms with van der Waals surface area (Å²) in [6.45, 7) is 12.1. The van der Waals surface area contributed by atoms with Crippen molar-refractivity contribution in [2.24, 2.45) is 29.6 Å². The van der Waals surface area contributed by atoms with Gasteiger partial charge in [0.05, 0.1) is 0 Å². The van der Waals surface area contributed by atoms with E-state index in [2.05, 4.69) is 34.6 Å². The van der Waals surface area contributed by atoms with Crippen molar-refractivity contribution < 1.29 is 0 Å². The van der Waals surface area contributed by atoms with Gasteiger partial charge in [-0.25, -0.2) is 0 Å². The Kier molecular flexibility index (Phi) is 3.82. The average Bonchev–Trinajstić information content (AvgIpc) is 2.01. The van der Waals surface area contributed by atoms with Gasteiger partial charge in [0, 0.05) is 0 Å². The van der Waals surface area contributed by atoms with Crippen LogP contribution in [-0.4, -0.2) is 0 Å². The highest BCUT2D eigenvalue weighted by Crippen LogP contribution is 2.43. The summed E-state index contributed by atoms with van der Waals surface area (Å²) in [4.78, 5) is 0. The molecule has 1 aliphatic rings. The average molecular weight is 182 g/mol. The Morgan fingerprint density at radius 2 is 1.77 bits per heavy atom. The summed E-state index contributed by atoms with van der Waals surface area (Å²) in [5.74, 6) is 4.79. The van der Waals surface area contributed by atoms with E-state index in [1.54, 1.807) is 0 Å². The second-order valence-corrected chi connectivity index (χ2v) is 5.54. The van der Waals surface area contributed by atoms with Gasteiger partial charge >= 0.3 is 0 Å². The molecule has 78 valence electrons. The Bertz CT molecular complexity index is 148. The van der Waals surface area contributed by atoms with Gasteiger partial charge < -0.3 is 0 Å². The summed E-state index contributed by atoms with van der Waals surface area (Å²) in [6, 6.07) is 0. The molecule has 4 atom stereocenters. The molecule has 0 spiro atoms. The Morgan fingerprint density at radius 1 is 1.15 bits per heavy atom. The highest BCUT2D eigenvalue weighted by atomic mass is 14.4. The van der Waals surface area contributed by atoms with Gasteiger partial charge in [-0.3, -0.25) is 0 Å². The number of hydrogen-bond acceptors (Lipinski definition) is 0. The SMILES string of the molecule is CCC1CC(C)CC(C)C1C(C)C. The molecule has 1 aliphatic carbocycles. The summed E-state index contributed by atoms with van der Waals surface area (Å²) in [7, 11) is 0. The second kappa shape index (κ2) is 4.48. The first-order chi connectivity index (χ1) is 6.06. The van der Waals surface area contributed by atoms with E-state index in [-0.39, 0.29) is 0 Å². The maximum atomic E-state index is 2.46. The monoisotopic (exact) mass is 182 g/mol. The minimum atomic E-state index is 0.882. The topological polar surface area (TPSA) is 0 Å². The minimum absolute atomic E-state index is 0.882. The molecule has 0 amide bonds. The fourth-order valence-corrected chi connectivity index (χ4v) is 3.67. The minimum Gasteiger partial charge on any atom is -0.0651 e. The van der Waals surface area contributed by atoms with Gasteiger partial charge in [-0.1, -0.05) is 41.0 Å². The predicted molar refractivity (Wildman–Crippen MR) is 59.7 cm³/mol. The molecule has 0 aliphatic heterocycles. The maximum absolute atomic E-state index is 2.46. The van der Waals surface area contributed by atoms with Crippen molar-refractivity contribution in [3.63, 3.8) is 0 Å². The smallest absolute Gasteiger partial charge is 0.0337 e. The van der Waals surface area contributed by atoms with Gasteiger partial charge in [0.25, 0.3) is 0 Å². The molecule has 0 heterocycles. The fourth-order valence-electron chi connectivity index (χ4n) is 3.67. The van der Waals surface area contributed by atoms with E-state index in [1.165, 1.54) is 19.3 Å². The summed E-state index contributed by atoms with van der Waals surface area (Å²) in [5.41, 5.74) is 0. The third-order valence-corrected chi connectivity index (χ3v) is 3.97.